The molecule has 198 valence electrons. The molecule has 1 fully saturated rings. The summed E-state index contributed by atoms with van der Waals surface area (Å²) in [7, 11) is 0. The van der Waals surface area contributed by atoms with E-state index in [9.17, 15) is 23.6 Å². The first-order valence-corrected chi connectivity index (χ1v) is 12.6. The van der Waals surface area contributed by atoms with Crippen LogP contribution in [-0.4, -0.2) is 54.1 Å². The lowest BCUT2D eigenvalue weighted by molar-refractivity contribution is -0.134. The number of nitrogens with two attached hydrogens (primary N) is 1. The van der Waals surface area contributed by atoms with E-state index in [4.69, 9.17) is 5.73 Å². The molecule has 1 aliphatic heterocycles. The number of likely N-dealkylation sites (tertiary alicyclic amines) is 1. The summed E-state index contributed by atoms with van der Waals surface area (Å²) in [6, 6.07) is 10.7. The highest BCUT2D eigenvalue weighted by molar-refractivity contribution is 6.02. The Morgan fingerprint density at radius 3 is 2.27 bits per heavy atom. The van der Waals surface area contributed by atoms with Gasteiger partial charge in [-0.05, 0) is 87.8 Å². The van der Waals surface area contributed by atoms with Gasteiger partial charge in [0, 0.05) is 35.9 Å². The van der Waals surface area contributed by atoms with Gasteiger partial charge in [-0.1, -0.05) is 12.1 Å². The highest BCUT2D eigenvalue weighted by Gasteiger charge is 2.30. The number of piperidine rings is 1. The summed E-state index contributed by atoms with van der Waals surface area (Å²) >= 11 is 0. The Labute approximate surface area is 216 Å². The van der Waals surface area contributed by atoms with Gasteiger partial charge in [0.25, 0.3) is 0 Å². The topological polar surface area (TPSA) is 122 Å². The van der Waals surface area contributed by atoms with Crippen LogP contribution >= 0.6 is 0 Å². The molecule has 9 heteroatoms. The summed E-state index contributed by atoms with van der Waals surface area (Å²) in [6.07, 6.45) is 3.87. The maximum Gasteiger partial charge on any atom is 0.319 e. The molecule has 1 aliphatic rings. The number of benzene rings is 2. The van der Waals surface area contributed by atoms with Crippen LogP contribution in [-0.2, 0) is 11.2 Å². The fourth-order valence-corrected chi connectivity index (χ4v) is 4.81. The van der Waals surface area contributed by atoms with Crippen molar-refractivity contribution >= 4 is 29.2 Å². The van der Waals surface area contributed by atoms with Gasteiger partial charge in [0.05, 0.1) is 6.54 Å². The maximum atomic E-state index is 13.2. The Morgan fingerprint density at radius 2 is 1.68 bits per heavy atom. The summed E-state index contributed by atoms with van der Waals surface area (Å²) in [5, 5.41) is 5.48. The zero-order valence-corrected chi connectivity index (χ0v) is 21.4. The van der Waals surface area contributed by atoms with Crippen molar-refractivity contribution in [1.29, 1.82) is 0 Å². The highest BCUT2D eigenvalue weighted by atomic mass is 19.1. The van der Waals surface area contributed by atoms with Crippen LogP contribution in [0, 0.1) is 11.7 Å². The molecule has 1 heterocycles. The standard InChI is InChI=1S/C28H35FN4O4/c1-18(34)22-14-23(19(2)35)16-25(15-22)32-28(37)31-10-3-4-26-13-21(9-11-33(26)27(36)17-30)12-20-5-7-24(29)8-6-20/h5-8,14-16,21,26H,3-4,9-13,17,30H2,1-2H3,(H2,31,32,37)/t21-,26-/m0/s1. The molecule has 3 rings (SSSR count). The van der Waals surface area contributed by atoms with Crippen molar-refractivity contribution in [1.82, 2.24) is 10.2 Å². The Hall–Kier alpha value is -3.59. The molecule has 0 bridgehead atoms. The lowest BCUT2D eigenvalue weighted by atomic mass is 9.84. The smallest absolute Gasteiger partial charge is 0.319 e. The van der Waals surface area contributed by atoms with Gasteiger partial charge in [0.2, 0.25) is 5.91 Å². The molecule has 2 aromatic carbocycles. The van der Waals surface area contributed by atoms with Gasteiger partial charge in [0.15, 0.2) is 11.6 Å². The van der Waals surface area contributed by atoms with E-state index in [1.807, 2.05) is 4.90 Å². The number of rotatable bonds is 10. The molecule has 1 saturated heterocycles. The Bertz CT molecular complexity index is 1100. The Balaban J connectivity index is 1.53. The van der Waals surface area contributed by atoms with E-state index in [0.29, 0.717) is 48.7 Å². The SMILES string of the molecule is CC(=O)c1cc(NC(=O)NCCC[C@H]2C[C@H](Cc3ccc(F)cc3)CCN2C(=O)CN)cc(C(C)=O)c1. The Kier molecular flexibility index (Phi) is 9.91. The summed E-state index contributed by atoms with van der Waals surface area (Å²) in [5.41, 5.74) is 7.76. The van der Waals surface area contributed by atoms with E-state index in [1.54, 1.807) is 12.1 Å². The van der Waals surface area contributed by atoms with Crippen LogP contribution in [0.2, 0.25) is 0 Å². The number of urea groups is 1. The highest BCUT2D eigenvalue weighted by Crippen LogP contribution is 2.28. The Morgan fingerprint density at radius 1 is 1.03 bits per heavy atom. The predicted octanol–water partition coefficient (Wildman–Crippen LogP) is 3.94. The molecule has 0 spiro atoms. The minimum atomic E-state index is -0.442. The van der Waals surface area contributed by atoms with Crippen molar-refractivity contribution in [2.75, 3.05) is 25.0 Å². The molecule has 0 aliphatic carbocycles. The van der Waals surface area contributed by atoms with Gasteiger partial charge in [-0.25, -0.2) is 9.18 Å². The number of halogens is 1. The fourth-order valence-electron chi connectivity index (χ4n) is 4.81. The van der Waals surface area contributed by atoms with Crippen LogP contribution in [0.1, 0.15) is 65.8 Å². The van der Waals surface area contributed by atoms with Crippen molar-refractivity contribution < 1.29 is 23.6 Å². The number of amides is 3. The second-order valence-corrected chi connectivity index (χ2v) is 9.60. The number of Topliss-reactive ketones (excluding diaryl/α,β-unsaturated/α-hetero) is 2. The van der Waals surface area contributed by atoms with Crippen LogP contribution in [0.25, 0.3) is 0 Å². The van der Waals surface area contributed by atoms with Crippen LogP contribution in [0.15, 0.2) is 42.5 Å². The number of ketones is 2. The van der Waals surface area contributed by atoms with E-state index in [0.717, 1.165) is 24.8 Å². The van der Waals surface area contributed by atoms with Crippen molar-refractivity contribution in [2.24, 2.45) is 11.7 Å². The average molecular weight is 511 g/mol. The first kappa shape index (κ1) is 28.0. The van der Waals surface area contributed by atoms with E-state index < -0.39 is 6.03 Å². The third-order valence-electron chi connectivity index (χ3n) is 6.76. The van der Waals surface area contributed by atoms with Gasteiger partial charge < -0.3 is 21.3 Å². The zero-order chi connectivity index (χ0) is 26.9. The van der Waals surface area contributed by atoms with Crippen LogP contribution in [0.5, 0.6) is 0 Å². The monoisotopic (exact) mass is 510 g/mol. The minimum Gasteiger partial charge on any atom is -0.339 e. The summed E-state index contributed by atoms with van der Waals surface area (Å²) in [4.78, 5) is 50.2. The molecule has 2 aromatic rings. The largest absolute Gasteiger partial charge is 0.339 e. The van der Waals surface area contributed by atoms with Gasteiger partial charge in [-0.2, -0.15) is 0 Å². The molecule has 0 saturated carbocycles. The van der Waals surface area contributed by atoms with Crippen molar-refractivity contribution in [2.45, 2.75) is 52.0 Å². The van der Waals surface area contributed by atoms with E-state index in [2.05, 4.69) is 10.6 Å². The first-order valence-electron chi connectivity index (χ1n) is 12.6. The normalized spacial score (nSPS) is 17.2. The molecular formula is C28H35FN4O4. The molecule has 8 nitrogen and oxygen atoms in total. The second kappa shape index (κ2) is 13.1. The summed E-state index contributed by atoms with van der Waals surface area (Å²) in [6.45, 7) is 3.78. The number of carbonyl (C=O) groups excluding carboxylic acids is 4. The predicted molar refractivity (Wildman–Crippen MR) is 140 cm³/mol. The van der Waals surface area contributed by atoms with Gasteiger partial charge in [-0.3, -0.25) is 14.4 Å². The van der Waals surface area contributed by atoms with Crippen molar-refractivity contribution in [3.05, 3.63) is 65.0 Å². The third kappa shape index (κ3) is 8.21. The first-order chi connectivity index (χ1) is 17.7. The fraction of sp³-hybridized carbons (Fsp3) is 0.429. The summed E-state index contributed by atoms with van der Waals surface area (Å²) in [5.74, 6) is -0.366. The van der Waals surface area contributed by atoms with E-state index in [-0.39, 0.29) is 35.9 Å². The molecule has 0 radical (unpaired) electrons. The van der Waals surface area contributed by atoms with Crippen LogP contribution < -0.4 is 16.4 Å². The molecule has 2 atom stereocenters. The number of hydrogen-bond donors (Lipinski definition) is 3. The van der Waals surface area contributed by atoms with Crippen molar-refractivity contribution in [3.8, 4) is 0 Å². The summed E-state index contributed by atoms with van der Waals surface area (Å²) < 4.78 is 13.2. The number of hydrogen-bond acceptors (Lipinski definition) is 5. The lowest BCUT2D eigenvalue weighted by Gasteiger charge is -2.40. The minimum absolute atomic E-state index is 0.0190. The molecule has 0 aromatic heterocycles. The van der Waals surface area contributed by atoms with Crippen molar-refractivity contribution in [3.63, 3.8) is 0 Å². The molecular weight excluding hydrogens is 475 g/mol. The second-order valence-electron chi connectivity index (χ2n) is 9.60. The lowest BCUT2D eigenvalue weighted by Crippen LogP contribution is -2.49. The van der Waals surface area contributed by atoms with E-state index >= 15 is 0 Å². The molecule has 37 heavy (non-hydrogen) atoms. The van der Waals surface area contributed by atoms with E-state index in [1.165, 1.54) is 44.2 Å². The number of nitrogens with zero attached hydrogens (tertiary/aromatic N) is 1. The van der Waals surface area contributed by atoms with Crippen LogP contribution in [0.3, 0.4) is 0 Å². The number of carbonyl (C=O) groups is 4. The van der Waals surface area contributed by atoms with Gasteiger partial charge >= 0.3 is 6.03 Å². The molecule has 0 unspecified atom stereocenters. The number of anilines is 1. The maximum absolute atomic E-state index is 13.2. The quantitative estimate of drug-likeness (QED) is 0.330. The molecule has 3 amide bonds. The zero-order valence-electron chi connectivity index (χ0n) is 21.4. The average Bonchev–Trinajstić information content (AvgIpc) is 2.87. The molecule has 4 N–H and O–H groups in total. The van der Waals surface area contributed by atoms with Gasteiger partial charge in [0.1, 0.15) is 5.82 Å². The van der Waals surface area contributed by atoms with Gasteiger partial charge in [-0.15, -0.1) is 0 Å². The number of nitrogens with one attached hydrogen (secondary N) is 2. The third-order valence-corrected chi connectivity index (χ3v) is 6.76. The van der Waals surface area contributed by atoms with Crippen LogP contribution in [0.4, 0.5) is 14.9 Å².